The maximum Gasteiger partial charge on any atom is 0.122 e. The number of hydrogen-bond acceptors (Lipinski definition) is 1. The van der Waals surface area contributed by atoms with Gasteiger partial charge >= 0.3 is 0 Å². The molecule has 0 aliphatic rings. The molecule has 1 rings (SSSR count). The SMILES string of the molecule is CCc1ccccc1OCCI. The normalized spacial score (nSPS) is 9.83. The first-order valence-corrected chi connectivity index (χ1v) is 5.67. The van der Waals surface area contributed by atoms with E-state index in [2.05, 4.69) is 41.6 Å². The lowest BCUT2D eigenvalue weighted by Gasteiger charge is -2.07. The molecule has 0 fully saturated rings. The zero-order chi connectivity index (χ0) is 8.81. The molecule has 0 spiro atoms. The highest BCUT2D eigenvalue weighted by Gasteiger charge is 1.98. The lowest BCUT2D eigenvalue weighted by molar-refractivity contribution is 0.343. The molecule has 0 aliphatic heterocycles. The number of hydrogen-bond donors (Lipinski definition) is 0. The van der Waals surface area contributed by atoms with E-state index in [1.165, 1.54) is 5.56 Å². The molecule has 0 radical (unpaired) electrons. The Morgan fingerprint density at radius 3 is 2.75 bits per heavy atom. The fourth-order valence-corrected chi connectivity index (χ4v) is 1.31. The second-order valence-corrected chi connectivity index (χ2v) is 3.58. The van der Waals surface area contributed by atoms with Crippen LogP contribution in [0.15, 0.2) is 24.3 Å². The molecule has 0 saturated heterocycles. The molecule has 12 heavy (non-hydrogen) atoms. The quantitative estimate of drug-likeness (QED) is 0.606. The molecule has 0 saturated carbocycles. The molecule has 1 nitrogen and oxygen atoms in total. The average Bonchev–Trinajstić information content (AvgIpc) is 2.15. The summed E-state index contributed by atoms with van der Waals surface area (Å²) in [5.74, 6) is 1.04. The molecule has 0 atom stereocenters. The first kappa shape index (κ1) is 9.84. The Labute approximate surface area is 87.3 Å². The van der Waals surface area contributed by atoms with Gasteiger partial charge in [-0.2, -0.15) is 0 Å². The largest absolute Gasteiger partial charge is 0.493 e. The van der Waals surface area contributed by atoms with Gasteiger partial charge < -0.3 is 4.74 Å². The van der Waals surface area contributed by atoms with Crippen molar-refractivity contribution in [3.63, 3.8) is 0 Å². The summed E-state index contributed by atoms with van der Waals surface area (Å²) < 4.78 is 6.61. The number of aryl methyl sites for hydroxylation is 1. The van der Waals surface area contributed by atoms with Crippen molar-refractivity contribution < 1.29 is 4.74 Å². The monoisotopic (exact) mass is 276 g/mol. The molecule has 2 heteroatoms. The maximum absolute atomic E-state index is 5.57. The van der Waals surface area contributed by atoms with Crippen LogP contribution in [0.2, 0.25) is 0 Å². The van der Waals surface area contributed by atoms with Gasteiger partial charge in [-0.3, -0.25) is 0 Å². The van der Waals surface area contributed by atoms with Crippen LogP contribution in [0.4, 0.5) is 0 Å². The van der Waals surface area contributed by atoms with Gasteiger partial charge in [-0.15, -0.1) is 0 Å². The summed E-state index contributed by atoms with van der Waals surface area (Å²) in [6.45, 7) is 2.95. The molecule has 0 aliphatic carbocycles. The first-order valence-electron chi connectivity index (χ1n) is 4.15. The lowest BCUT2D eigenvalue weighted by atomic mass is 10.1. The average molecular weight is 276 g/mol. The minimum Gasteiger partial charge on any atom is -0.493 e. The van der Waals surface area contributed by atoms with Crippen molar-refractivity contribution in [3.8, 4) is 5.75 Å². The van der Waals surface area contributed by atoms with Crippen molar-refractivity contribution >= 4 is 22.6 Å². The number of rotatable bonds is 4. The summed E-state index contributed by atoms with van der Waals surface area (Å²) in [6, 6.07) is 8.21. The second kappa shape index (κ2) is 5.41. The predicted molar refractivity (Wildman–Crippen MR) is 60.2 cm³/mol. The van der Waals surface area contributed by atoms with E-state index in [1.807, 2.05) is 12.1 Å². The summed E-state index contributed by atoms with van der Waals surface area (Å²) in [7, 11) is 0. The Kier molecular flexibility index (Phi) is 4.43. The fraction of sp³-hybridized carbons (Fsp3) is 0.400. The van der Waals surface area contributed by atoms with Crippen LogP contribution in [0.25, 0.3) is 0 Å². The summed E-state index contributed by atoms with van der Waals surface area (Å²) >= 11 is 2.31. The second-order valence-electron chi connectivity index (χ2n) is 2.50. The van der Waals surface area contributed by atoms with E-state index in [0.717, 1.165) is 23.2 Å². The Balaban J connectivity index is 2.68. The molecule has 66 valence electrons. The van der Waals surface area contributed by atoms with E-state index in [0.29, 0.717) is 0 Å². The maximum atomic E-state index is 5.57. The van der Waals surface area contributed by atoms with Gasteiger partial charge in [-0.1, -0.05) is 47.7 Å². The summed E-state index contributed by atoms with van der Waals surface area (Å²) in [6.07, 6.45) is 1.04. The third-order valence-corrected chi connectivity index (χ3v) is 2.13. The van der Waals surface area contributed by atoms with E-state index in [1.54, 1.807) is 0 Å². The van der Waals surface area contributed by atoms with Crippen molar-refractivity contribution in [3.05, 3.63) is 29.8 Å². The minimum absolute atomic E-state index is 0.803. The van der Waals surface area contributed by atoms with Crippen molar-refractivity contribution in [1.82, 2.24) is 0 Å². The predicted octanol–water partition coefficient (Wildman–Crippen LogP) is 3.06. The van der Waals surface area contributed by atoms with Gasteiger partial charge in [-0.05, 0) is 18.1 Å². The lowest BCUT2D eigenvalue weighted by Crippen LogP contribution is -1.99. The minimum atomic E-state index is 0.803. The fourth-order valence-electron chi connectivity index (χ4n) is 1.09. The molecular weight excluding hydrogens is 263 g/mol. The highest BCUT2D eigenvalue weighted by Crippen LogP contribution is 2.17. The van der Waals surface area contributed by atoms with Gasteiger partial charge in [0.05, 0.1) is 6.61 Å². The van der Waals surface area contributed by atoms with Gasteiger partial charge in [-0.25, -0.2) is 0 Å². The van der Waals surface area contributed by atoms with Crippen molar-refractivity contribution in [2.45, 2.75) is 13.3 Å². The van der Waals surface area contributed by atoms with Crippen LogP contribution in [-0.4, -0.2) is 11.0 Å². The third-order valence-electron chi connectivity index (χ3n) is 1.69. The molecule has 0 unspecified atom stereocenters. The number of para-hydroxylation sites is 1. The summed E-state index contributed by atoms with van der Waals surface area (Å²) in [5.41, 5.74) is 1.29. The molecule has 1 aromatic rings. The zero-order valence-electron chi connectivity index (χ0n) is 7.22. The van der Waals surface area contributed by atoms with Crippen LogP contribution in [0, 0.1) is 0 Å². The van der Waals surface area contributed by atoms with Crippen LogP contribution in [0.3, 0.4) is 0 Å². The molecule has 0 amide bonds. The number of benzene rings is 1. The van der Waals surface area contributed by atoms with E-state index in [4.69, 9.17) is 4.74 Å². The topological polar surface area (TPSA) is 9.23 Å². The van der Waals surface area contributed by atoms with Crippen molar-refractivity contribution in [2.75, 3.05) is 11.0 Å². The van der Waals surface area contributed by atoms with E-state index in [9.17, 15) is 0 Å². The van der Waals surface area contributed by atoms with E-state index < -0.39 is 0 Å². The van der Waals surface area contributed by atoms with Gasteiger partial charge in [0.2, 0.25) is 0 Å². The van der Waals surface area contributed by atoms with E-state index in [-0.39, 0.29) is 0 Å². The van der Waals surface area contributed by atoms with Gasteiger partial charge in [0.15, 0.2) is 0 Å². The third kappa shape index (κ3) is 2.66. The molecular formula is C10H13IO. The van der Waals surface area contributed by atoms with Crippen LogP contribution in [0.1, 0.15) is 12.5 Å². The van der Waals surface area contributed by atoms with Crippen LogP contribution >= 0.6 is 22.6 Å². The van der Waals surface area contributed by atoms with Gasteiger partial charge in [0, 0.05) is 4.43 Å². The number of halogens is 1. The zero-order valence-corrected chi connectivity index (χ0v) is 9.37. The Morgan fingerprint density at radius 1 is 1.33 bits per heavy atom. The Morgan fingerprint density at radius 2 is 2.08 bits per heavy atom. The smallest absolute Gasteiger partial charge is 0.122 e. The Hall–Kier alpha value is -0.250. The number of ether oxygens (including phenoxy) is 1. The standard InChI is InChI=1S/C10H13IO/c1-2-9-5-3-4-6-10(9)12-8-7-11/h3-6H,2,7-8H2,1H3. The van der Waals surface area contributed by atoms with Crippen LogP contribution in [-0.2, 0) is 6.42 Å². The highest BCUT2D eigenvalue weighted by atomic mass is 127. The molecule has 0 bridgehead atoms. The number of alkyl halides is 1. The first-order chi connectivity index (χ1) is 5.88. The molecule has 1 aromatic carbocycles. The molecule has 0 N–H and O–H groups in total. The summed E-state index contributed by atoms with van der Waals surface area (Å²) in [4.78, 5) is 0. The molecule has 0 aromatic heterocycles. The van der Waals surface area contributed by atoms with Gasteiger partial charge in [0.1, 0.15) is 5.75 Å². The van der Waals surface area contributed by atoms with Crippen molar-refractivity contribution in [2.24, 2.45) is 0 Å². The van der Waals surface area contributed by atoms with Gasteiger partial charge in [0.25, 0.3) is 0 Å². The van der Waals surface area contributed by atoms with Crippen molar-refractivity contribution in [1.29, 1.82) is 0 Å². The van der Waals surface area contributed by atoms with Crippen LogP contribution in [0.5, 0.6) is 5.75 Å². The summed E-state index contributed by atoms with van der Waals surface area (Å²) in [5, 5.41) is 0. The molecule has 0 heterocycles. The Bertz CT molecular complexity index is 235. The van der Waals surface area contributed by atoms with E-state index >= 15 is 0 Å². The van der Waals surface area contributed by atoms with Crippen LogP contribution < -0.4 is 4.74 Å². The highest BCUT2D eigenvalue weighted by molar-refractivity contribution is 14.1.